The molecular formula is C13H22N2O2S. The summed E-state index contributed by atoms with van der Waals surface area (Å²) in [5.41, 5.74) is 1.15. The molecule has 0 heterocycles. The van der Waals surface area contributed by atoms with Crippen molar-refractivity contribution in [1.29, 1.82) is 0 Å². The Hall–Kier alpha value is -0.910. The van der Waals surface area contributed by atoms with Crippen LogP contribution in [0.4, 0.5) is 0 Å². The summed E-state index contributed by atoms with van der Waals surface area (Å²) < 4.78 is 26.4. The highest BCUT2D eigenvalue weighted by atomic mass is 32.2. The van der Waals surface area contributed by atoms with Crippen LogP contribution < -0.4 is 10.0 Å². The molecule has 0 aromatic heterocycles. The minimum absolute atomic E-state index is 0.0296. The van der Waals surface area contributed by atoms with Gasteiger partial charge in [0.25, 0.3) is 0 Å². The molecule has 0 aliphatic heterocycles. The molecule has 1 rings (SSSR count). The molecule has 0 aliphatic rings. The molecule has 0 saturated carbocycles. The molecule has 0 radical (unpaired) electrons. The van der Waals surface area contributed by atoms with Crippen LogP contribution in [-0.2, 0) is 15.4 Å². The monoisotopic (exact) mass is 270 g/mol. The Kier molecular flexibility index (Phi) is 4.90. The second-order valence-electron chi connectivity index (χ2n) is 5.28. The van der Waals surface area contributed by atoms with Gasteiger partial charge < -0.3 is 5.32 Å². The maximum atomic E-state index is 11.9. The van der Waals surface area contributed by atoms with Gasteiger partial charge in [-0.2, -0.15) is 0 Å². The van der Waals surface area contributed by atoms with Gasteiger partial charge >= 0.3 is 0 Å². The van der Waals surface area contributed by atoms with Crippen molar-refractivity contribution in [3.63, 3.8) is 0 Å². The Morgan fingerprint density at radius 2 is 1.61 bits per heavy atom. The zero-order valence-corrected chi connectivity index (χ0v) is 12.3. The van der Waals surface area contributed by atoms with Gasteiger partial charge in [-0.25, -0.2) is 13.1 Å². The van der Waals surface area contributed by atoms with Crippen LogP contribution in [0.25, 0.3) is 0 Å². The quantitative estimate of drug-likeness (QED) is 0.797. The van der Waals surface area contributed by atoms with Gasteiger partial charge in [0.15, 0.2) is 0 Å². The van der Waals surface area contributed by atoms with Gasteiger partial charge in [-0.05, 0) is 30.2 Å². The summed E-state index contributed by atoms with van der Waals surface area (Å²) in [5, 5.41) is 2.89. The fraction of sp³-hybridized carbons (Fsp3) is 0.538. The SMILES string of the molecule is CNCCNS(=O)(=O)c1ccc(C(C)(C)C)cc1. The summed E-state index contributed by atoms with van der Waals surface area (Å²) in [5.74, 6) is 0. The molecule has 102 valence electrons. The first-order valence-electron chi connectivity index (χ1n) is 6.02. The van der Waals surface area contributed by atoms with Crippen LogP contribution in [0.15, 0.2) is 29.2 Å². The highest BCUT2D eigenvalue weighted by molar-refractivity contribution is 7.89. The van der Waals surface area contributed by atoms with E-state index in [4.69, 9.17) is 0 Å². The molecule has 0 bridgehead atoms. The number of sulfonamides is 1. The Labute approximate surface area is 110 Å². The third-order valence-corrected chi connectivity index (χ3v) is 4.17. The highest BCUT2D eigenvalue weighted by Crippen LogP contribution is 2.23. The molecule has 18 heavy (non-hydrogen) atoms. The lowest BCUT2D eigenvalue weighted by Gasteiger charge is -2.19. The average Bonchev–Trinajstić information content (AvgIpc) is 2.28. The summed E-state index contributed by atoms with van der Waals surface area (Å²) in [7, 11) is -1.60. The lowest BCUT2D eigenvalue weighted by Crippen LogP contribution is -2.30. The number of hydrogen-bond donors (Lipinski definition) is 2. The van der Waals surface area contributed by atoms with Crippen LogP contribution >= 0.6 is 0 Å². The Morgan fingerprint density at radius 1 is 1.06 bits per heavy atom. The number of benzene rings is 1. The molecule has 0 fully saturated rings. The van der Waals surface area contributed by atoms with Crippen molar-refractivity contribution >= 4 is 10.0 Å². The summed E-state index contributed by atoms with van der Waals surface area (Å²) in [6.07, 6.45) is 0. The molecule has 0 atom stereocenters. The average molecular weight is 270 g/mol. The molecular weight excluding hydrogens is 248 g/mol. The van der Waals surface area contributed by atoms with E-state index in [0.717, 1.165) is 5.56 Å². The first-order valence-corrected chi connectivity index (χ1v) is 7.50. The second-order valence-corrected chi connectivity index (χ2v) is 7.04. The van der Waals surface area contributed by atoms with Gasteiger partial charge in [-0.3, -0.25) is 0 Å². The van der Waals surface area contributed by atoms with E-state index in [2.05, 4.69) is 30.8 Å². The molecule has 2 N–H and O–H groups in total. The van der Waals surface area contributed by atoms with Crippen molar-refractivity contribution in [3.8, 4) is 0 Å². The Bertz CT molecular complexity index is 473. The van der Waals surface area contributed by atoms with Crippen molar-refractivity contribution in [2.45, 2.75) is 31.1 Å². The number of hydrogen-bond acceptors (Lipinski definition) is 3. The molecule has 0 saturated heterocycles. The van der Waals surface area contributed by atoms with Crippen molar-refractivity contribution in [2.24, 2.45) is 0 Å². The molecule has 4 nitrogen and oxygen atoms in total. The highest BCUT2D eigenvalue weighted by Gasteiger charge is 2.16. The molecule has 1 aromatic rings. The van der Waals surface area contributed by atoms with Crippen molar-refractivity contribution in [2.75, 3.05) is 20.1 Å². The molecule has 0 amide bonds. The largest absolute Gasteiger partial charge is 0.318 e. The zero-order chi connectivity index (χ0) is 13.8. The minimum atomic E-state index is -3.38. The van der Waals surface area contributed by atoms with E-state index in [-0.39, 0.29) is 5.41 Å². The summed E-state index contributed by atoms with van der Waals surface area (Å²) in [4.78, 5) is 0.312. The fourth-order valence-electron chi connectivity index (χ4n) is 1.53. The van der Waals surface area contributed by atoms with Gasteiger partial charge in [0.1, 0.15) is 0 Å². The van der Waals surface area contributed by atoms with Crippen LogP contribution in [0, 0.1) is 0 Å². The van der Waals surface area contributed by atoms with Crippen molar-refractivity contribution < 1.29 is 8.42 Å². The lowest BCUT2D eigenvalue weighted by molar-refractivity contribution is 0.577. The topological polar surface area (TPSA) is 58.2 Å². The lowest BCUT2D eigenvalue weighted by atomic mass is 9.87. The van der Waals surface area contributed by atoms with Crippen molar-refractivity contribution in [3.05, 3.63) is 29.8 Å². The predicted octanol–water partition coefficient (Wildman–Crippen LogP) is 1.48. The van der Waals surface area contributed by atoms with Crippen molar-refractivity contribution in [1.82, 2.24) is 10.0 Å². The van der Waals surface area contributed by atoms with Crippen LogP contribution in [0.3, 0.4) is 0 Å². The third kappa shape index (κ3) is 4.08. The first-order chi connectivity index (χ1) is 8.27. The fourth-order valence-corrected chi connectivity index (χ4v) is 2.56. The van der Waals surface area contributed by atoms with E-state index in [1.165, 1.54) is 0 Å². The minimum Gasteiger partial charge on any atom is -0.318 e. The van der Waals surface area contributed by atoms with E-state index in [9.17, 15) is 8.42 Å². The third-order valence-electron chi connectivity index (χ3n) is 2.70. The number of nitrogens with one attached hydrogen (secondary N) is 2. The van der Waals surface area contributed by atoms with Gasteiger partial charge in [0.2, 0.25) is 10.0 Å². The maximum absolute atomic E-state index is 11.9. The van der Waals surface area contributed by atoms with Gasteiger partial charge in [-0.15, -0.1) is 0 Å². The second kappa shape index (κ2) is 5.82. The summed E-state index contributed by atoms with van der Waals surface area (Å²) >= 11 is 0. The number of rotatable bonds is 5. The van der Waals surface area contributed by atoms with Gasteiger partial charge in [0.05, 0.1) is 4.90 Å². The maximum Gasteiger partial charge on any atom is 0.240 e. The van der Waals surface area contributed by atoms with Crippen LogP contribution in [0.5, 0.6) is 0 Å². The van der Waals surface area contributed by atoms with Gasteiger partial charge in [-0.1, -0.05) is 32.9 Å². The zero-order valence-electron chi connectivity index (χ0n) is 11.4. The Balaban J connectivity index is 2.85. The normalized spacial score (nSPS) is 12.7. The standard InChI is InChI=1S/C13H22N2O2S/c1-13(2,3)11-5-7-12(8-6-11)18(16,17)15-10-9-14-4/h5-8,14-15H,9-10H2,1-4H3. The Morgan fingerprint density at radius 3 is 2.06 bits per heavy atom. The smallest absolute Gasteiger partial charge is 0.240 e. The summed E-state index contributed by atoms with van der Waals surface area (Å²) in [6.45, 7) is 7.30. The van der Waals surface area contributed by atoms with Crippen LogP contribution in [0.1, 0.15) is 26.3 Å². The van der Waals surface area contributed by atoms with Crippen LogP contribution in [0.2, 0.25) is 0 Å². The predicted molar refractivity (Wildman–Crippen MR) is 74.3 cm³/mol. The van der Waals surface area contributed by atoms with E-state index in [0.29, 0.717) is 18.0 Å². The summed E-state index contributed by atoms with van der Waals surface area (Å²) in [6, 6.07) is 7.05. The van der Waals surface area contributed by atoms with E-state index < -0.39 is 10.0 Å². The van der Waals surface area contributed by atoms with Gasteiger partial charge in [0, 0.05) is 13.1 Å². The van der Waals surface area contributed by atoms with Crippen LogP contribution in [-0.4, -0.2) is 28.6 Å². The van der Waals surface area contributed by atoms with E-state index in [1.807, 2.05) is 12.1 Å². The van der Waals surface area contributed by atoms with E-state index >= 15 is 0 Å². The molecule has 0 aliphatic carbocycles. The first kappa shape index (κ1) is 15.1. The molecule has 5 heteroatoms. The number of likely N-dealkylation sites (N-methyl/N-ethyl adjacent to an activating group) is 1. The van der Waals surface area contributed by atoms with E-state index in [1.54, 1.807) is 19.2 Å². The molecule has 0 spiro atoms. The molecule has 1 aromatic carbocycles. The molecule has 0 unspecified atom stereocenters.